The molecule has 0 aromatic carbocycles. The van der Waals surface area contributed by atoms with Gasteiger partial charge >= 0.3 is 39.5 Å². The van der Waals surface area contributed by atoms with E-state index in [0.29, 0.717) is 25.7 Å². The molecule has 0 bridgehead atoms. The van der Waals surface area contributed by atoms with Gasteiger partial charge in [0, 0.05) is 25.7 Å². The van der Waals surface area contributed by atoms with E-state index in [9.17, 15) is 43.2 Å². The molecule has 0 aromatic rings. The van der Waals surface area contributed by atoms with Gasteiger partial charge in [-0.3, -0.25) is 37.3 Å². The summed E-state index contributed by atoms with van der Waals surface area (Å²) < 4.78 is 68.5. The summed E-state index contributed by atoms with van der Waals surface area (Å²) in [5, 5.41) is 10.6. The number of esters is 4. The third kappa shape index (κ3) is 73.0. The summed E-state index contributed by atoms with van der Waals surface area (Å²) >= 11 is 0. The molecule has 6 atom stereocenters. The van der Waals surface area contributed by atoms with Crippen LogP contribution < -0.4 is 0 Å². The van der Waals surface area contributed by atoms with Gasteiger partial charge in [-0.1, -0.05) is 381 Å². The average molecular weight is 1470 g/mol. The molecule has 0 aromatic heterocycles. The van der Waals surface area contributed by atoms with Gasteiger partial charge in [-0.25, -0.2) is 9.13 Å². The number of unbranched alkanes of at least 4 members (excludes halogenated alkanes) is 52. The Labute approximate surface area is 613 Å². The standard InChI is InChI=1S/C81H158O17P2/c1-6-10-13-16-18-20-22-24-26-27-31-35-38-42-46-50-55-60-65-79(84)92-71-77(98-81(86)67-62-57-52-48-44-40-36-32-29-28-30-34-37-41-45-49-54-58-63-74(5)9-4)73-96-100(89,90)94-69-75(82)68-93-99(87,88)95-72-76(70-91-78(83)64-59-53-15-12-8-3)97-80(85)66-61-56-51-47-43-39-33-25-23-21-19-17-14-11-7-2/h74-77,82H,6-73H2,1-5H3,(H,87,88)(H,89,90)/t74?,75-,76+,77+/m0/s1. The number of hydrogen-bond donors (Lipinski definition) is 3. The molecular formula is C81H158O17P2. The van der Waals surface area contributed by atoms with Crippen LogP contribution in [0, 0.1) is 5.92 Å². The lowest BCUT2D eigenvalue weighted by molar-refractivity contribution is -0.161. The van der Waals surface area contributed by atoms with Gasteiger partial charge in [0.15, 0.2) is 12.2 Å². The van der Waals surface area contributed by atoms with E-state index in [1.54, 1.807) is 0 Å². The van der Waals surface area contributed by atoms with E-state index in [1.165, 1.54) is 250 Å². The van der Waals surface area contributed by atoms with Crippen molar-refractivity contribution in [1.29, 1.82) is 0 Å². The lowest BCUT2D eigenvalue weighted by atomic mass is 9.99. The second-order valence-electron chi connectivity index (χ2n) is 29.4. The maximum absolute atomic E-state index is 13.1. The van der Waals surface area contributed by atoms with Crippen LogP contribution in [0.15, 0.2) is 0 Å². The Bertz CT molecular complexity index is 1910. The van der Waals surface area contributed by atoms with Gasteiger partial charge in [-0.15, -0.1) is 0 Å². The molecule has 0 aliphatic carbocycles. The van der Waals surface area contributed by atoms with Crippen LogP contribution in [-0.4, -0.2) is 96.7 Å². The number of carbonyl (C=O) groups is 4. The summed E-state index contributed by atoms with van der Waals surface area (Å²) in [5.74, 6) is -1.25. The number of aliphatic hydroxyl groups is 1. The highest BCUT2D eigenvalue weighted by Crippen LogP contribution is 2.45. The minimum Gasteiger partial charge on any atom is -0.462 e. The molecule has 3 N–H and O–H groups in total. The van der Waals surface area contributed by atoms with Crippen molar-refractivity contribution in [2.24, 2.45) is 5.92 Å². The van der Waals surface area contributed by atoms with Crippen LogP contribution in [0.3, 0.4) is 0 Å². The first-order valence-electron chi connectivity index (χ1n) is 42.2. The molecule has 19 heteroatoms. The van der Waals surface area contributed by atoms with E-state index in [2.05, 4.69) is 34.6 Å². The molecule has 0 radical (unpaired) electrons. The Morgan fingerprint density at radius 2 is 0.480 bits per heavy atom. The number of phosphoric acid groups is 2. The zero-order valence-electron chi connectivity index (χ0n) is 65.3. The fourth-order valence-corrected chi connectivity index (χ4v) is 14.1. The Morgan fingerprint density at radius 1 is 0.280 bits per heavy atom. The Balaban J connectivity index is 5.11. The monoisotopic (exact) mass is 1470 g/mol. The fraction of sp³-hybridized carbons (Fsp3) is 0.951. The first kappa shape index (κ1) is 98.1. The van der Waals surface area contributed by atoms with E-state index in [1.807, 2.05) is 0 Å². The lowest BCUT2D eigenvalue weighted by Gasteiger charge is -2.21. The first-order chi connectivity index (χ1) is 48.6. The van der Waals surface area contributed by atoms with Gasteiger partial charge in [0.2, 0.25) is 0 Å². The summed E-state index contributed by atoms with van der Waals surface area (Å²) in [4.78, 5) is 72.7. The molecular weight excluding hydrogens is 1310 g/mol. The van der Waals surface area contributed by atoms with E-state index < -0.39 is 97.5 Å². The largest absolute Gasteiger partial charge is 0.472 e. The second kappa shape index (κ2) is 73.9. The van der Waals surface area contributed by atoms with E-state index in [4.69, 9.17) is 37.0 Å². The number of hydrogen-bond acceptors (Lipinski definition) is 15. The molecule has 0 spiro atoms. The predicted octanol–water partition coefficient (Wildman–Crippen LogP) is 24.4. The molecule has 594 valence electrons. The molecule has 0 amide bonds. The number of aliphatic hydroxyl groups excluding tert-OH is 1. The smallest absolute Gasteiger partial charge is 0.462 e. The van der Waals surface area contributed by atoms with Crippen molar-refractivity contribution in [3.8, 4) is 0 Å². The zero-order chi connectivity index (χ0) is 73.4. The summed E-state index contributed by atoms with van der Waals surface area (Å²) in [7, 11) is -9.91. The molecule has 100 heavy (non-hydrogen) atoms. The van der Waals surface area contributed by atoms with Crippen LogP contribution >= 0.6 is 15.6 Å². The quantitative estimate of drug-likeness (QED) is 0.0222. The number of phosphoric ester groups is 2. The average Bonchev–Trinajstić information content (AvgIpc) is 0.926. The molecule has 0 saturated carbocycles. The van der Waals surface area contributed by atoms with Crippen LogP contribution in [0.5, 0.6) is 0 Å². The molecule has 0 fully saturated rings. The summed E-state index contributed by atoms with van der Waals surface area (Å²) in [5.41, 5.74) is 0. The van der Waals surface area contributed by atoms with Gasteiger partial charge in [-0.2, -0.15) is 0 Å². The maximum atomic E-state index is 13.1. The van der Waals surface area contributed by atoms with Crippen LogP contribution in [-0.2, 0) is 65.4 Å². The Kier molecular flexibility index (Phi) is 72.5. The van der Waals surface area contributed by atoms with Crippen molar-refractivity contribution < 1.29 is 80.2 Å². The summed E-state index contributed by atoms with van der Waals surface area (Å²) in [6.45, 7) is 7.31. The van der Waals surface area contributed by atoms with Crippen molar-refractivity contribution in [2.45, 2.75) is 451 Å². The predicted molar refractivity (Wildman–Crippen MR) is 409 cm³/mol. The molecule has 0 aliphatic rings. The molecule has 0 rings (SSSR count). The zero-order valence-corrected chi connectivity index (χ0v) is 67.1. The first-order valence-corrected chi connectivity index (χ1v) is 45.2. The molecule has 0 heterocycles. The van der Waals surface area contributed by atoms with E-state index in [-0.39, 0.29) is 25.7 Å². The van der Waals surface area contributed by atoms with Gasteiger partial charge in [-0.05, 0) is 31.6 Å². The van der Waals surface area contributed by atoms with Gasteiger partial charge in [0.05, 0.1) is 26.4 Å². The molecule has 3 unspecified atom stereocenters. The topological polar surface area (TPSA) is 237 Å². The van der Waals surface area contributed by atoms with Crippen LogP contribution in [0.4, 0.5) is 0 Å². The minimum absolute atomic E-state index is 0.108. The van der Waals surface area contributed by atoms with Crippen molar-refractivity contribution in [1.82, 2.24) is 0 Å². The number of rotatable bonds is 81. The van der Waals surface area contributed by atoms with Gasteiger partial charge in [0.25, 0.3) is 0 Å². The van der Waals surface area contributed by atoms with Crippen molar-refractivity contribution in [3.63, 3.8) is 0 Å². The molecule has 0 saturated heterocycles. The normalized spacial score (nSPS) is 14.1. The molecule has 17 nitrogen and oxygen atoms in total. The fourth-order valence-electron chi connectivity index (χ4n) is 12.6. The van der Waals surface area contributed by atoms with Crippen molar-refractivity contribution in [3.05, 3.63) is 0 Å². The van der Waals surface area contributed by atoms with Crippen molar-refractivity contribution >= 4 is 39.5 Å². The Hall–Kier alpha value is -1.94. The third-order valence-corrected chi connectivity index (χ3v) is 21.3. The maximum Gasteiger partial charge on any atom is 0.472 e. The van der Waals surface area contributed by atoms with Gasteiger partial charge in [0.1, 0.15) is 19.3 Å². The number of ether oxygens (including phenoxy) is 4. The highest BCUT2D eigenvalue weighted by atomic mass is 31.2. The summed E-state index contributed by atoms with van der Waals surface area (Å²) in [6, 6.07) is 0. The van der Waals surface area contributed by atoms with E-state index >= 15 is 0 Å². The SMILES string of the molecule is CCCCCCCCCCCCCCCCCCCCC(=O)OC[C@H](COP(=O)(O)OC[C@@H](O)COP(=O)(O)OC[C@@H](COC(=O)CCCCCCC)OC(=O)CCCCCCCCCCCCCCCCC)OC(=O)CCCCCCCCCCCCCCCCCCCCC(C)CC. The number of carbonyl (C=O) groups excluding carboxylic acids is 4. The Morgan fingerprint density at radius 3 is 0.710 bits per heavy atom. The highest BCUT2D eigenvalue weighted by molar-refractivity contribution is 7.47. The minimum atomic E-state index is -4.96. The van der Waals surface area contributed by atoms with E-state index in [0.717, 1.165) is 102 Å². The van der Waals surface area contributed by atoms with Crippen LogP contribution in [0.1, 0.15) is 433 Å². The van der Waals surface area contributed by atoms with Crippen LogP contribution in [0.25, 0.3) is 0 Å². The second-order valence-corrected chi connectivity index (χ2v) is 32.3. The summed E-state index contributed by atoms with van der Waals surface area (Å²) in [6.07, 6.45) is 65.7. The third-order valence-electron chi connectivity index (χ3n) is 19.4. The lowest BCUT2D eigenvalue weighted by Crippen LogP contribution is -2.30. The molecule has 0 aliphatic heterocycles. The van der Waals surface area contributed by atoms with Crippen LogP contribution in [0.2, 0.25) is 0 Å². The highest BCUT2D eigenvalue weighted by Gasteiger charge is 2.30. The van der Waals surface area contributed by atoms with Gasteiger partial charge < -0.3 is 33.8 Å². The van der Waals surface area contributed by atoms with Crippen molar-refractivity contribution in [2.75, 3.05) is 39.6 Å².